The summed E-state index contributed by atoms with van der Waals surface area (Å²) in [6, 6.07) is 48.2. The molecule has 0 aliphatic carbocycles. The Morgan fingerprint density at radius 3 is 1.75 bits per heavy atom. The topological polar surface area (TPSA) is 83.4 Å². The third-order valence-corrected chi connectivity index (χ3v) is 10.1. The molecule has 0 radical (unpaired) electrons. The standard InChI is InChI=1S/C42H24N8O/c1-2-10-27(11-3-1)47-33-20-18-25(22-35(33)48-31-15-7-5-13-29(31)44-41(47)48)26-19-21-34-36(23-26)49-32-16-8-6-14-30(32)45-42(49)50(34)40-43-24-38-39(46-40)28-12-4-9-17-37(28)51-38/h1-24H. The molecule has 0 spiro atoms. The number of fused-ring (bicyclic) bond motifs is 13. The molecular formula is C42H24N8O. The highest BCUT2D eigenvalue weighted by Gasteiger charge is 2.22. The molecule has 0 saturated heterocycles. The zero-order valence-corrected chi connectivity index (χ0v) is 26.8. The van der Waals surface area contributed by atoms with Crippen LogP contribution in [0.25, 0.3) is 101 Å². The lowest BCUT2D eigenvalue weighted by atomic mass is 10.0. The molecule has 6 aromatic carbocycles. The molecule has 6 heterocycles. The summed E-state index contributed by atoms with van der Waals surface area (Å²) >= 11 is 0. The Bertz CT molecular complexity index is 3380. The second-order valence-electron chi connectivity index (χ2n) is 12.9. The third kappa shape index (κ3) is 3.58. The number of hydrogen-bond donors (Lipinski definition) is 0. The molecule has 51 heavy (non-hydrogen) atoms. The van der Waals surface area contributed by atoms with E-state index in [0.29, 0.717) is 11.5 Å². The fourth-order valence-corrected chi connectivity index (χ4v) is 7.79. The van der Waals surface area contributed by atoms with Crippen LogP contribution in [0.5, 0.6) is 0 Å². The molecule has 6 aromatic heterocycles. The van der Waals surface area contributed by atoms with Crippen molar-refractivity contribution in [3.63, 3.8) is 0 Å². The maximum Gasteiger partial charge on any atom is 0.237 e. The summed E-state index contributed by atoms with van der Waals surface area (Å²) in [5.41, 5.74) is 13.6. The van der Waals surface area contributed by atoms with Gasteiger partial charge < -0.3 is 4.42 Å². The Balaban J connectivity index is 1.12. The van der Waals surface area contributed by atoms with Gasteiger partial charge in [0.05, 0.1) is 50.3 Å². The number of rotatable bonds is 3. The number of nitrogens with zero attached hydrogens (tertiary/aromatic N) is 8. The normalized spacial score (nSPS) is 12.3. The monoisotopic (exact) mass is 656 g/mol. The molecule has 0 N–H and O–H groups in total. The Morgan fingerprint density at radius 1 is 0.451 bits per heavy atom. The van der Waals surface area contributed by atoms with Crippen molar-refractivity contribution in [2.45, 2.75) is 0 Å². The van der Waals surface area contributed by atoms with Crippen molar-refractivity contribution in [2.75, 3.05) is 0 Å². The Kier molecular flexibility index (Phi) is 5.06. The van der Waals surface area contributed by atoms with Crippen molar-refractivity contribution < 1.29 is 4.42 Å². The fraction of sp³-hybridized carbons (Fsp3) is 0. The molecule has 0 atom stereocenters. The summed E-state index contributed by atoms with van der Waals surface area (Å²) in [7, 11) is 0. The first-order valence-corrected chi connectivity index (χ1v) is 16.8. The first kappa shape index (κ1) is 26.7. The van der Waals surface area contributed by atoms with Gasteiger partial charge in [0.1, 0.15) is 11.1 Å². The van der Waals surface area contributed by atoms with Crippen molar-refractivity contribution in [3.8, 4) is 22.8 Å². The predicted octanol–water partition coefficient (Wildman–Crippen LogP) is 9.53. The molecule has 12 rings (SSSR count). The molecule has 0 saturated carbocycles. The van der Waals surface area contributed by atoms with Gasteiger partial charge in [0.2, 0.25) is 17.5 Å². The van der Waals surface area contributed by atoms with Crippen molar-refractivity contribution in [1.82, 2.24) is 37.9 Å². The van der Waals surface area contributed by atoms with E-state index in [-0.39, 0.29) is 0 Å². The quantitative estimate of drug-likeness (QED) is 0.189. The third-order valence-electron chi connectivity index (χ3n) is 10.1. The summed E-state index contributed by atoms with van der Waals surface area (Å²) < 4.78 is 14.8. The van der Waals surface area contributed by atoms with Gasteiger partial charge in [-0.25, -0.2) is 24.5 Å². The number of hydrogen-bond acceptors (Lipinski definition) is 5. The summed E-state index contributed by atoms with van der Waals surface area (Å²) in [5.74, 6) is 2.17. The minimum absolute atomic E-state index is 0.537. The van der Waals surface area contributed by atoms with Crippen LogP contribution in [0, 0.1) is 0 Å². The first-order valence-electron chi connectivity index (χ1n) is 16.8. The van der Waals surface area contributed by atoms with Gasteiger partial charge >= 0.3 is 0 Å². The lowest BCUT2D eigenvalue weighted by Gasteiger charge is -2.07. The van der Waals surface area contributed by atoms with Crippen molar-refractivity contribution >= 4 is 77.8 Å². The predicted molar refractivity (Wildman–Crippen MR) is 201 cm³/mol. The highest BCUT2D eigenvalue weighted by Crippen LogP contribution is 2.36. The molecule has 0 aliphatic heterocycles. The minimum Gasteiger partial charge on any atom is -0.453 e. The zero-order chi connectivity index (χ0) is 33.2. The summed E-state index contributed by atoms with van der Waals surface area (Å²) in [6.07, 6.45) is 1.76. The van der Waals surface area contributed by atoms with Crippen LogP contribution < -0.4 is 0 Å². The average molecular weight is 657 g/mol. The van der Waals surface area contributed by atoms with E-state index in [1.165, 1.54) is 0 Å². The molecule has 0 bridgehead atoms. The second kappa shape index (κ2) is 9.67. The maximum absolute atomic E-state index is 6.05. The highest BCUT2D eigenvalue weighted by atomic mass is 16.3. The van der Waals surface area contributed by atoms with Crippen molar-refractivity contribution in [3.05, 3.63) is 146 Å². The Hall–Kier alpha value is -7.26. The van der Waals surface area contributed by atoms with E-state index in [4.69, 9.17) is 24.4 Å². The van der Waals surface area contributed by atoms with Gasteiger partial charge in [0.25, 0.3) is 0 Å². The second-order valence-corrected chi connectivity index (χ2v) is 12.9. The lowest BCUT2D eigenvalue weighted by Crippen LogP contribution is -2.01. The molecule has 0 amide bonds. The molecular weight excluding hydrogens is 633 g/mol. The fourth-order valence-electron chi connectivity index (χ4n) is 7.79. The van der Waals surface area contributed by atoms with Gasteiger partial charge in [-0.05, 0) is 83.9 Å². The number of imidazole rings is 4. The van der Waals surface area contributed by atoms with Crippen LogP contribution in [0.3, 0.4) is 0 Å². The van der Waals surface area contributed by atoms with Gasteiger partial charge in [0, 0.05) is 11.1 Å². The molecule has 12 aromatic rings. The largest absolute Gasteiger partial charge is 0.453 e. The average Bonchev–Trinajstić information content (AvgIpc) is 3.98. The van der Waals surface area contributed by atoms with Crippen LogP contribution in [0.2, 0.25) is 0 Å². The summed E-state index contributed by atoms with van der Waals surface area (Å²) in [5, 5.41) is 0.954. The number of benzene rings is 6. The molecule has 0 unspecified atom stereocenters. The van der Waals surface area contributed by atoms with Gasteiger partial charge in [-0.3, -0.25) is 13.4 Å². The lowest BCUT2D eigenvalue weighted by molar-refractivity contribution is 0.665. The van der Waals surface area contributed by atoms with E-state index in [0.717, 1.165) is 89.0 Å². The Morgan fingerprint density at radius 2 is 1.04 bits per heavy atom. The van der Waals surface area contributed by atoms with Crippen LogP contribution >= 0.6 is 0 Å². The number of furan rings is 1. The van der Waals surface area contributed by atoms with Crippen molar-refractivity contribution in [1.29, 1.82) is 0 Å². The van der Waals surface area contributed by atoms with Crippen LogP contribution in [0.4, 0.5) is 0 Å². The maximum atomic E-state index is 6.05. The van der Waals surface area contributed by atoms with Crippen molar-refractivity contribution in [2.24, 2.45) is 0 Å². The van der Waals surface area contributed by atoms with E-state index in [1.807, 2.05) is 53.1 Å². The van der Waals surface area contributed by atoms with Gasteiger partial charge in [0.15, 0.2) is 5.58 Å². The van der Waals surface area contributed by atoms with Gasteiger partial charge in [-0.2, -0.15) is 0 Å². The number of aromatic nitrogens is 8. The van der Waals surface area contributed by atoms with Crippen LogP contribution in [-0.4, -0.2) is 37.9 Å². The van der Waals surface area contributed by atoms with Gasteiger partial charge in [-0.1, -0.05) is 66.7 Å². The Labute approximate surface area is 287 Å². The summed E-state index contributed by atoms with van der Waals surface area (Å²) in [6.45, 7) is 0. The molecule has 0 fully saturated rings. The SMILES string of the molecule is c1ccc(-n2c3ccc(-c4ccc5c(c4)n4c6ccccc6nc4n5-c4ncc5oc6ccccc6c5n4)cc3n3c4ccccc4nc23)cc1. The molecule has 9 nitrogen and oxygen atoms in total. The van der Waals surface area contributed by atoms with E-state index < -0.39 is 0 Å². The van der Waals surface area contributed by atoms with Crippen LogP contribution in [0.1, 0.15) is 0 Å². The number of para-hydroxylation sites is 6. The van der Waals surface area contributed by atoms with E-state index in [9.17, 15) is 0 Å². The van der Waals surface area contributed by atoms with Gasteiger partial charge in [-0.15, -0.1) is 0 Å². The van der Waals surface area contributed by atoms with E-state index in [1.54, 1.807) is 6.20 Å². The van der Waals surface area contributed by atoms with Crippen LogP contribution in [-0.2, 0) is 0 Å². The molecule has 9 heteroatoms. The van der Waals surface area contributed by atoms with Crippen LogP contribution in [0.15, 0.2) is 150 Å². The summed E-state index contributed by atoms with van der Waals surface area (Å²) in [4.78, 5) is 20.0. The highest BCUT2D eigenvalue weighted by molar-refractivity contribution is 6.02. The smallest absolute Gasteiger partial charge is 0.237 e. The first-order chi connectivity index (χ1) is 25.3. The van der Waals surface area contributed by atoms with E-state index in [2.05, 4.69) is 104 Å². The van der Waals surface area contributed by atoms with E-state index >= 15 is 0 Å². The molecule has 238 valence electrons. The zero-order valence-electron chi connectivity index (χ0n) is 26.8. The molecule has 0 aliphatic rings. The minimum atomic E-state index is 0.537.